The van der Waals surface area contributed by atoms with Gasteiger partial charge >= 0.3 is 6.18 Å². The van der Waals surface area contributed by atoms with Crippen LogP contribution in [0, 0.1) is 17.2 Å². The van der Waals surface area contributed by atoms with Gasteiger partial charge in [0.15, 0.2) is 0 Å². The third-order valence-corrected chi connectivity index (χ3v) is 7.22. The summed E-state index contributed by atoms with van der Waals surface area (Å²) in [5.41, 5.74) is 3.73. The van der Waals surface area contributed by atoms with Crippen LogP contribution in [0.3, 0.4) is 0 Å². The Bertz CT molecular complexity index is 885. The Balaban J connectivity index is 0.00000137. The van der Waals surface area contributed by atoms with E-state index >= 15 is 0 Å². The number of hydrogen-bond acceptors (Lipinski definition) is 2. The fourth-order valence-corrected chi connectivity index (χ4v) is 5.24. The largest absolute Gasteiger partial charge is 0.391 e. The van der Waals surface area contributed by atoms with Crippen LogP contribution in [-0.4, -0.2) is 29.7 Å². The van der Waals surface area contributed by atoms with Crippen molar-refractivity contribution in [3.05, 3.63) is 71.3 Å². The highest BCUT2D eigenvalue weighted by atomic mass is 19.4. The van der Waals surface area contributed by atoms with E-state index in [-0.39, 0.29) is 18.8 Å². The lowest BCUT2D eigenvalue weighted by molar-refractivity contribution is -0.172. The smallest absolute Gasteiger partial charge is 0.298 e. The van der Waals surface area contributed by atoms with Gasteiger partial charge in [-0.3, -0.25) is 4.90 Å². The summed E-state index contributed by atoms with van der Waals surface area (Å²) in [4.78, 5) is 2.62. The normalized spacial score (nSPS) is 18.7. The predicted octanol–water partition coefficient (Wildman–Crippen LogP) is 8.33. The van der Waals surface area contributed by atoms with E-state index in [1.165, 1.54) is 18.1 Å². The molecule has 1 aliphatic rings. The van der Waals surface area contributed by atoms with Crippen LogP contribution in [0.1, 0.15) is 82.4 Å². The van der Waals surface area contributed by atoms with E-state index in [9.17, 15) is 13.2 Å². The first-order chi connectivity index (χ1) is 16.7. The maximum absolute atomic E-state index is 13.0. The number of rotatable bonds is 10. The zero-order valence-electron chi connectivity index (χ0n) is 21.7. The monoisotopic (exact) mass is 486 g/mol. The molecular weight excluding hydrogens is 445 g/mol. The molecule has 3 unspecified atom stereocenters. The maximum Gasteiger partial charge on any atom is 0.391 e. The summed E-state index contributed by atoms with van der Waals surface area (Å²) >= 11 is 0. The SMILES string of the molecule is CC#N.CCC(CCc1ccc(C2CCC(C(F)(F)F)C2)cc1)N(CCc1ccccc1)C(C)C. The van der Waals surface area contributed by atoms with E-state index in [0.717, 1.165) is 37.8 Å². The second-order valence-electron chi connectivity index (χ2n) is 9.88. The molecule has 1 fully saturated rings. The molecule has 5 heteroatoms. The van der Waals surface area contributed by atoms with Crippen LogP contribution in [0.2, 0.25) is 0 Å². The summed E-state index contributed by atoms with van der Waals surface area (Å²) in [6.45, 7) is 9.31. The highest BCUT2D eigenvalue weighted by Gasteiger charge is 2.44. The number of nitrogens with zero attached hydrogens (tertiary/aromatic N) is 2. The molecule has 2 nitrogen and oxygen atoms in total. The van der Waals surface area contributed by atoms with Gasteiger partial charge in [0, 0.05) is 25.6 Å². The molecule has 192 valence electrons. The van der Waals surface area contributed by atoms with Crippen molar-refractivity contribution in [2.45, 2.75) is 96.8 Å². The van der Waals surface area contributed by atoms with Crippen molar-refractivity contribution < 1.29 is 13.2 Å². The Labute approximate surface area is 210 Å². The minimum Gasteiger partial charge on any atom is -0.298 e. The van der Waals surface area contributed by atoms with Crippen LogP contribution in [0.5, 0.6) is 0 Å². The molecule has 2 aromatic rings. The topological polar surface area (TPSA) is 27.0 Å². The van der Waals surface area contributed by atoms with Crippen molar-refractivity contribution in [3.63, 3.8) is 0 Å². The molecule has 0 radical (unpaired) electrons. The number of aryl methyl sites for hydroxylation is 1. The molecule has 0 aromatic heterocycles. The molecule has 3 atom stereocenters. The van der Waals surface area contributed by atoms with Crippen LogP contribution in [0.25, 0.3) is 0 Å². The molecule has 0 N–H and O–H groups in total. The van der Waals surface area contributed by atoms with E-state index in [2.05, 4.69) is 80.3 Å². The van der Waals surface area contributed by atoms with Gasteiger partial charge in [0.05, 0.1) is 12.0 Å². The van der Waals surface area contributed by atoms with Crippen molar-refractivity contribution in [1.29, 1.82) is 5.26 Å². The van der Waals surface area contributed by atoms with Gasteiger partial charge in [0.1, 0.15) is 0 Å². The van der Waals surface area contributed by atoms with Crippen LogP contribution < -0.4 is 0 Å². The molecule has 3 rings (SSSR count). The van der Waals surface area contributed by atoms with Gasteiger partial charge in [-0.2, -0.15) is 18.4 Å². The van der Waals surface area contributed by atoms with Crippen molar-refractivity contribution >= 4 is 0 Å². The third-order valence-electron chi connectivity index (χ3n) is 7.22. The predicted molar refractivity (Wildman–Crippen MR) is 138 cm³/mol. The Morgan fingerprint density at radius 3 is 2.09 bits per heavy atom. The maximum atomic E-state index is 13.0. The van der Waals surface area contributed by atoms with Gasteiger partial charge in [0.25, 0.3) is 0 Å². The zero-order chi connectivity index (χ0) is 25.8. The van der Waals surface area contributed by atoms with Gasteiger partial charge in [-0.25, -0.2) is 0 Å². The quantitative estimate of drug-likeness (QED) is 0.337. The number of hydrogen-bond donors (Lipinski definition) is 0. The van der Waals surface area contributed by atoms with Crippen molar-refractivity contribution in [2.75, 3.05) is 6.54 Å². The van der Waals surface area contributed by atoms with Gasteiger partial charge in [-0.15, -0.1) is 0 Å². The number of benzene rings is 2. The van der Waals surface area contributed by atoms with Crippen LogP contribution in [0.4, 0.5) is 13.2 Å². The summed E-state index contributed by atoms with van der Waals surface area (Å²) in [5.74, 6) is -1.08. The van der Waals surface area contributed by atoms with Gasteiger partial charge in [-0.05, 0) is 81.4 Å². The van der Waals surface area contributed by atoms with Crippen LogP contribution in [-0.2, 0) is 12.8 Å². The molecular formula is C30H41F3N2. The van der Waals surface area contributed by atoms with Gasteiger partial charge in [-0.1, -0.05) is 61.5 Å². The average molecular weight is 487 g/mol. The first-order valence-electron chi connectivity index (χ1n) is 13.0. The van der Waals surface area contributed by atoms with E-state index in [1.807, 2.05) is 0 Å². The number of halogens is 3. The second kappa shape index (κ2) is 14.3. The molecule has 0 bridgehead atoms. The lowest BCUT2D eigenvalue weighted by Crippen LogP contribution is -2.41. The van der Waals surface area contributed by atoms with E-state index in [1.54, 1.807) is 6.07 Å². The lowest BCUT2D eigenvalue weighted by atomic mass is 9.94. The Morgan fingerprint density at radius 1 is 0.971 bits per heavy atom. The summed E-state index contributed by atoms with van der Waals surface area (Å²) in [6.07, 6.45) is 1.38. The molecule has 1 saturated carbocycles. The third kappa shape index (κ3) is 9.33. The number of nitriles is 1. The summed E-state index contributed by atoms with van der Waals surface area (Å²) in [5, 5.41) is 7.32. The fraction of sp³-hybridized carbons (Fsp3) is 0.567. The zero-order valence-corrected chi connectivity index (χ0v) is 21.7. The standard InChI is InChI=1S/C28H38F3N.C2H3N/c1-4-27(32(21(2)3)19-18-22-8-6-5-7-9-22)17-12-23-10-13-24(14-11-23)25-15-16-26(20-25)28(29,30)31;1-2-3/h5-11,13-14,21,25-27H,4,12,15-20H2,1-3H3;1H3. The fourth-order valence-electron chi connectivity index (χ4n) is 5.24. The van der Waals surface area contributed by atoms with Gasteiger partial charge in [0.2, 0.25) is 0 Å². The minimum atomic E-state index is -4.05. The molecule has 0 aliphatic heterocycles. The molecule has 35 heavy (non-hydrogen) atoms. The molecule has 0 amide bonds. The minimum absolute atomic E-state index is 0.0495. The average Bonchev–Trinajstić information content (AvgIpc) is 3.34. The van der Waals surface area contributed by atoms with E-state index in [4.69, 9.17) is 5.26 Å². The second-order valence-corrected chi connectivity index (χ2v) is 9.88. The van der Waals surface area contributed by atoms with Crippen molar-refractivity contribution in [1.82, 2.24) is 4.90 Å². The highest BCUT2D eigenvalue weighted by molar-refractivity contribution is 5.26. The van der Waals surface area contributed by atoms with E-state index < -0.39 is 12.1 Å². The summed E-state index contributed by atoms with van der Waals surface area (Å²) in [7, 11) is 0. The first-order valence-corrected chi connectivity index (χ1v) is 13.0. The molecule has 2 aromatic carbocycles. The first kappa shape index (κ1) is 28.9. The molecule has 0 spiro atoms. The van der Waals surface area contributed by atoms with E-state index in [0.29, 0.717) is 18.5 Å². The van der Waals surface area contributed by atoms with Crippen molar-refractivity contribution in [3.8, 4) is 6.07 Å². The Kier molecular flexibility index (Phi) is 11.8. The van der Waals surface area contributed by atoms with Gasteiger partial charge < -0.3 is 0 Å². The Hall–Kier alpha value is -2.32. The van der Waals surface area contributed by atoms with Crippen LogP contribution in [0.15, 0.2) is 54.6 Å². The lowest BCUT2D eigenvalue weighted by Gasteiger charge is -2.35. The molecule has 0 saturated heterocycles. The number of alkyl halides is 3. The van der Waals surface area contributed by atoms with Crippen molar-refractivity contribution in [2.24, 2.45) is 5.92 Å². The summed E-state index contributed by atoms with van der Waals surface area (Å²) in [6, 6.07) is 21.8. The molecule has 1 aliphatic carbocycles. The summed E-state index contributed by atoms with van der Waals surface area (Å²) < 4.78 is 39.0. The highest BCUT2D eigenvalue weighted by Crippen LogP contribution is 2.45. The van der Waals surface area contributed by atoms with Crippen LogP contribution >= 0.6 is 0 Å². The molecule has 0 heterocycles. The Morgan fingerprint density at radius 2 is 1.57 bits per heavy atom.